The molecule has 1 heterocycles. The summed E-state index contributed by atoms with van der Waals surface area (Å²) in [6.45, 7) is 6.35. The molecule has 1 unspecified atom stereocenters. The van der Waals surface area contributed by atoms with Crippen molar-refractivity contribution in [2.24, 2.45) is 0 Å². The van der Waals surface area contributed by atoms with E-state index in [9.17, 15) is 13.2 Å². The van der Waals surface area contributed by atoms with E-state index >= 15 is 0 Å². The number of ether oxygens (including phenoxy) is 1. The monoisotopic (exact) mass is 432 g/mol. The first-order chi connectivity index (χ1) is 11.5. The minimum atomic E-state index is -3.48. The summed E-state index contributed by atoms with van der Waals surface area (Å²) in [6.07, 6.45) is 1.05. The zero-order valence-corrected chi connectivity index (χ0v) is 17.2. The average molecular weight is 433 g/mol. The minimum Gasteiger partial charge on any atom is -0.444 e. The maximum Gasteiger partial charge on any atom is 0.410 e. The van der Waals surface area contributed by atoms with Gasteiger partial charge in [-0.15, -0.1) is 0 Å². The summed E-state index contributed by atoms with van der Waals surface area (Å²) >= 11 is 3.33. The predicted molar refractivity (Wildman–Crippen MR) is 101 cm³/mol. The van der Waals surface area contributed by atoms with Crippen molar-refractivity contribution in [2.75, 3.05) is 13.1 Å². The highest BCUT2D eigenvalue weighted by Crippen LogP contribution is 2.17. The molecular weight excluding hydrogens is 408 g/mol. The van der Waals surface area contributed by atoms with Crippen LogP contribution >= 0.6 is 15.9 Å². The van der Waals surface area contributed by atoms with Crippen LogP contribution in [-0.4, -0.2) is 44.1 Å². The number of hydrogen-bond donors (Lipinski definition) is 1. The topological polar surface area (TPSA) is 75.7 Å². The fraction of sp³-hybridized carbons (Fsp3) is 0.588. The highest BCUT2D eigenvalue weighted by molar-refractivity contribution is 9.10. The number of carbonyl (C=O) groups excluding carboxylic acids is 1. The van der Waals surface area contributed by atoms with Crippen LogP contribution in [0, 0.1) is 0 Å². The molecule has 0 radical (unpaired) electrons. The normalized spacial score (nSPS) is 18.9. The lowest BCUT2D eigenvalue weighted by Crippen LogP contribution is -2.50. The van der Waals surface area contributed by atoms with E-state index in [2.05, 4.69) is 20.7 Å². The van der Waals surface area contributed by atoms with E-state index < -0.39 is 21.7 Å². The molecule has 6 nitrogen and oxygen atoms in total. The van der Waals surface area contributed by atoms with Gasteiger partial charge in [-0.25, -0.2) is 17.9 Å². The second-order valence-corrected chi connectivity index (χ2v) is 9.94. The number of amides is 1. The molecule has 1 amide bonds. The summed E-state index contributed by atoms with van der Waals surface area (Å²) in [7, 11) is -3.48. The van der Waals surface area contributed by atoms with Gasteiger partial charge in [-0.2, -0.15) is 0 Å². The van der Waals surface area contributed by atoms with Gasteiger partial charge >= 0.3 is 6.09 Å². The molecule has 25 heavy (non-hydrogen) atoms. The number of carbonyl (C=O) groups is 1. The van der Waals surface area contributed by atoms with Gasteiger partial charge in [0.25, 0.3) is 0 Å². The first-order valence-electron chi connectivity index (χ1n) is 8.26. The van der Waals surface area contributed by atoms with Gasteiger partial charge in [0.1, 0.15) is 5.60 Å². The lowest BCUT2D eigenvalue weighted by molar-refractivity contribution is 0.0195. The van der Waals surface area contributed by atoms with Crippen LogP contribution in [-0.2, 0) is 20.5 Å². The van der Waals surface area contributed by atoms with Crippen molar-refractivity contribution in [3.8, 4) is 0 Å². The quantitative estimate of drug-likeness (QED) is 0.791. The molecule has 1 aromatic carbocycles. The van der Waals surface area contributed by atoms with E-state index in [4.69, 9.17) is 4.74 Å². The number of likely N-dealkylation sites (tertiary alicyclic amines) is 1. The molecule has 1 saturated heterocycles. The van der Waals surface area contributed by atoms with E-state index in [1.807, 2.05) is 32.9 Å². The Hall–Kier alpha value is -1.12. The Morgan fingerprint density at radius 2 is 1.96 bits per heavy atom. The fourth-order valence-corrected chi connectivity index (χ4v) is 4.34. The number of halogens is 1. The number of rotatable bonds is 4. The molecule has 0 bridgehead atoms. The van der Waals surface area contributed by atoms with E-state index in [0.717, 1.165) is 16.5 Å². The first kappa shape index (κ1) is 20.2. The molecule has 0 spiro atoms. The van der Waals surface area contributed by atoms with Crippen molar-refractivity contribution in [1.82, 2.24) is 9.62 Å². The van der Waals surface area contributed by atoms with E-state index in [1.165, 1.54) is 0 Å². The average Bonchev–Trinajstić information content (AvgIpc) is 2.47. The zero-order chi connectivity index (χ0) is 18.7. The number of piperidine rings is 1. The van der Waals surface area contributed by atoms with E-state index in [-0.39, 0.29) is 11.8 Å². The van der Waals surface area contributed by atoms with Crippen LogP contribution in [0.25, 0.3) is 0 Å². The Morgan fingerprint density at radius 1 is 1.32 bits per heavy atom. The van der Waals surface area contributed by atoms with Gasteiger partial charge in [-0.05, 0) is 51.3 Å². The summed E-state index contributed by atoms with van der Waals surface area (Å²) in [6, 6.07) is 6.89. The van der Waals surface area contributed by atoms with Crippen LogP contribution in [0.3, 0.4) is 0 Å². The molecule has 0 aliphatic carbocycles. The highest BCUT2D eigenvalue weighted by atomic mass is 79.9. The first-order valence-corrected chi connectivity index (χ1v) is 10.7. The smallest absolute Gasteiger partial charge is 0.410 e. The molecule has 0 saturated carbocycles. The number of nitrogens with zero attached hydrogens (tertiary/aromatic N) is 1. The summed E-state index contributed by atoms with van der Waals surface area (Å²) in [4.78, 5) is 13.7. The molecule has 1 aliphatic rings. The van der Waals surface area contributed by atoms with Crippen molar-refractivity contribution in [1.29, 1.82) is 0 Å². The number of sulfonamides is 1. The van der Waals surface area contributed by atoms with Gasteiger partial charge in [0, 0.05) is 23.6 Å². The van der Waals surface area contributed by atoms with Gasteiger partial charge in [0.15, 0.2) is 0 Å². The second-order valence-electron chi connectivity index (χ2n) is 7.27. The standard InChI is InChI=1S/C17H25BrN2O4S/c1-17(2,3)24-16(21)20-10-4-5-15(11-20)19-25(22,23)12-13-6-8-14(18)9-7-13/h6-9,15,19H,4-5,10-12H2,1-3H3. The van der Waals surface area contributed by atoms with Crippen LogP contribution < -0.4 is 4.72 Å². The van der Waals surface area contributed by atoms with E-state index in [0.29, 0.717) is 19.5 Å². The van der Waals surface area contributed by atoms with Crippen LogP contribution in [0.2, 0.25) is 0 Å². The van der Waals surface area contributed by atoms with Crippen molar-refractivity contribution in [3.63, 3.8) is 0 Å². The van der Waals surface area contributed by atoms with Crippen LogP contribution in [0.1, 0.15) is 39.2 Å². The Bertz CT molecular complexity index is 698. The van der Waals surface area contributed by atoms with Crippen molar-refractivity contribution >= 4 is 32.0 Å². The molecule has 1 N–H and O–H groups in total. The molecule has 8 heteroatoms. The van der Waals surface area contributed by atoms with Crippen molar-refractivity contribution in [2.45, 2.75) is 51.0 Å². The van der Waals surface area contributed by atoms with Crippen molar-refractivity contribution in [3.05, 3.63) is 34.3 Å². The molecule has 1 aromatic rings. The van der Waals surface area contributed by atoms with Crippen LogP contribution in [0.15, 0.2) is 28.7 Å². The van der Waals surface area contributed by atoms with Crippen LogP contribution in [0.4, 0.5) is 4.79 Å². The second kappa shape index (κ2) is 8.05. The Labute approximate surface area is 158 Å². The third-order valence-corrected chi connectivity index (χ3v) is 5.62. The molecule has 0 aromatic heterocycles. The minimum absolute atomic E-state index is 0.0801. The maximum atomic E-state index is 12.4. The van der Waals surface area contributed by atoms with Crippen molar-refractivity contribution < 1.29 is 17.9 Å². The molecule has 1 aliphatic heterocycles. The summed E-state index contributed by atoms with van der Waals surface area (Å²) in [5.41, 5.74) is 0.154. The fourth-order valence-electron chi connectivity index (χ4n) is 2.66. The number of nitrogens with one attached hydrogen (secondary N) is 1. The van der Waals surface area contributed by atoms with Gasteiger partial charge in [-0.1, -0.05) is 28.1 Å². The Morgan fingerprint density at radius 3 is 2.56 bits per heavy atom. The molecule has 1 atom stereocenters. The summed E-state index contributed by atoms with van der Waals surface area (Å²) in [5.74, 6) is -0.0801. The van der Waals surface area contributed by atoms with Crippen LogP contribution in [0.5, 0.6) is 0 Å². The lowest BCUT2D eigenvalue weighted by Gasteiger charge is -2.34. The number of benzene rings is 1. The Kier molecular flexibility index (Phi) is 6.51. The summed E-state index contributed by atoms with van der Waals surface area (Å²) < 4.78 is 33.8. The van der Waals surface area contributed by atoms with Gasteiger partial charge in [0.2, 0.25) is 10.0 Å². The third-order valence-electron chi connectivity index (χ3n) is 3.69. The molecule has 2 rings (SSSR count). The molecule has 140 valence electrons. The van der Waals surface area contributed by atoms with Gasteiger partial charge in [-0.3, -0.25) is 0 Å². The SMILES string of the molecule is CC(C)(C)OC(=O)N1CCCC(NS(=O)(=O)Cc2ccc(Br)cc2)C1. The largest absolute Gasteiger partial charge is 0.444 e. The molecular formula is C17H25BrN2O4S. The predicted octanol–water partition coefficient (Wildman–Crippen LogP) is 3.27. The molecule has 1 fully saturated rings. The van der Waals surface area contributed by atoms with Gasteiger partial charge < -0.3 is 9.64 Å². The zero-order valence-electron chi connectivity index (χ0n) is 14.8. The maximum absolute atomic E-state index is 12.4. The third kappa shape index (κ3) is 6.95. The summed E-state index contributed by atoms with van der Waals surface area (Å²) in [5, 5.41) is 0. The lowest BCUT2D eigenvalue weighted by atomic mass is 10.1. The number of hydrogen-bond acceptors (Lipinski definition) is 4. The van der Waals surface area contributed by atoms with Gasteiger partial charge in [0.05, 0.1) is 5.75 Å². The highest BCUT2D eigenvalue weighted by Gasteiger charge is 2.29. The van der Waals surface area contributed by atoms with E-state index in [1.54, 1.807) is 17.0 Å². The Balaban J connectivity index is 1.94.